The molecule has 0 aromatic heterocycles. The average Bonchev–Trinajstić information content (AvgIpc) is 2.80. The van der Waals surface area contributed by atoms with Gasteiger partial charge in [0.15, 0.2) is 8.67 Å². The van der Waals surface area contributed by atoms with Crippen LogP contribution in [-0.2, 0) is 8.67 Å². The van der Waals surface area contributed by atoms with E-state index in [0.29, 0.717) is 0 Å². The van der Waals surface area contributed by atoms with Crippen molar-refractivity contribution in [1.29, 1.82) is 0 Å². The second-order valence-electron chi connectivity index (χ2n) is 7.04. The first-order chi connectivity index (χ1) is 14.4. The van der Waals surface area contributed by atoms with Gasteiger partial charge in [0.25, 0.3) is 0 Å². The summed E-state index contributed by atoms with van der Waals surface area (Å²) in [4.78, 5) is 0. The third-order valence-electron chi connectivity index (χ3n) is 5.10. The molecular weight excluding hydrogens is 454 g/mol. The molecule has 0 radical (unpaired) electrons. The highest BCUT2D eigenvalue weighted by molar-refractivity contribution is 6.50. The number of benzene rings is 4. The lowest BCUT2D eigenvalue weighted by molar-refractivity contribution is 1.04. The van der Waals surface area contributed by atoms with Gasteiger partial charge >= 0.3 is 0 Å². The fourth-order valence-corrected chi connectivity index (χ4v) is 4.38. The summed E-state index contributed by atoms with van der Waals surface area (Å²) in [6, 6.07) is 35.1. The molecule has 4 aromatic carbocycles. The maximum atomic E-state index is 6.65. The third-order valence-corrected chi connectivity index (χ3v) is 6.85. The van der Waals surface area contributed by atoms with Crippen molar-refractivity contribution in [2.45, 2.75) is 8.67 Å². The number of rotatable bonds is 5. The van der Waals surface area contributed by atoms with Gasteiger partial charge in [-0.15, -0.1) is 0 Å². The number of halogens is 4. The van der Waals surface area contributed by atoms with Gasteiger partial charge in [-0.3, -0.25) is 0 Å². The Labute approximate surface area is 197 Å². The van der Waals surface area contributed by atoms with E-state index in [1.807, 2.05) is 109 Å². The van der Waals surface area contributed by atoms with Crippen molar-refractivity contribution in [2.75, 3.05) is 0 Å². The Kier molecular flexibility index (Phi) is 6.14. The molecule has 0 aliphatic carbocycles. The van der Waals surface area contributed by atoms with Crippen LogP contribution in [0.5, 0.6) is 0 Å². The van der Waals surface area contributed by atoms with Crippen LogP contribution >= 0.6 is 46.4 Å². The molecule has 0 saturated heterocycles. The van der Waals surface area contributed by atoms with Gasteiger partial charge in [-0.05, 0) is 33.4 Å². The molecular formula is C26H18Cl4. The maximum Gasteiger partial charge on any atom is 0.168 e. The second-order valence-corrected chi connectivity index (χ2v) is 9.69. The van der Waals surface area contributed by atoms with Crippen molar-refractivity contribution < 1.29 is 0 Å². The summed E-state index contributed by atoms with van der Waals surface area (Å²) in [6.45, 7) is 0. The summed E-state index contributed by atoms with van der Waals surface area (Å²) in [5, 5.41) is 0. The van der Waals surface area contributed by atoms with Crippen molar-refractivity contribution in [3.8, 4) is 11.1 Å². The molecule has 0 aliphatic rings. The summed E-state index contributed by atoms with van der Waals surface area (Å²) in [7, 11) is 0. The number of hydrogen-bond acceptors (Lipinski definition) is 0. The average molecular weight is 472 g/mol. The molecule has 0 amide bonds. The zero-order valence-electron chi connectivity index (χ0n) is 15.9. The smallest absolute Gasteiger partial charge is 0.0909 e. The standard InChI is InChI=1S/C26H18Cl4/c27-25(28,21-7-3-1-4-8-21)23-15-11-19(12-16-23)20-13-17-24(18-14-20)26(29,30)22-9-5-2-6-10-22/h1-18H. The Bertz CT molecular complexity index is 1010. The Morgan fingerprint density at radius 2 is 0.600 bits per heavy atom. The van der Waals surface area contributed by atoms with Crippen LogP contribution < -0.4 is 0 Å². The van der Waals surface area contributed by atoms with Crippen molar-refractivity contribution in [1.82, 2.24) is 0 Å². The summed E-state index contributed by atoms with van der Waals surface area (Å²) in [5.74, 6) is 0. The highest BCUT2D eigenvalue weighted by Gasteiger charge is 2.30. The highest BCUT2D eigenvalue weighted by atomic mass is 35.5. The van der Waals surface area contributed by atoms with Gasteiger partial charge in [-0.25, -0.2) is 0 Å². The van der Waals surface area contributed by atoms with Crippen LogP contribution in [0.3, 0.4) is 0 Å². The van der Waals surface area contributed by atoms with E-state index in [-0.39, 0.29) is 0 Å². The van der Waals surface area contributed by atoms with E-state index in [2.05, 4.69) is 0 Å². The first-order valence-corrected chi connectivity index (χ1v) is 11.0. The lowest BCUT2D eigenvalue weighted by atomic mass is 9.97. The Hall–Kier alpha value is -1.96. The first-order valence-electron chi connectivity index (χ1n) is 9.47. The zero-order chi connectivity index (χ0) is 21.2. The van der Waals surface area contributed by atoms with E-state index in [4.69, 9.17) is 46.4 Å². The molecule has 0 spiro atoms. The fraction of sp³-hybridized carbons (Fsp3) is 0.0769. The van der Waals surface area contributed by atoms with Crippen molar-refractivity contribution in [2.24, 2.45) is 0 Å². The van der Waals surface area contributed by atoms with Gasteiger partial charge in [0.05, 0.1) is 0 Å². The largest absolute Gasteiger partial charge is 0.168 e. The minimum Gasteiger partial charge on any atom is -0.0909 e. The van der Waals surface area contributed by atoms with Crippen molar-refractivity contribution in [3.05, 3.63) is 131 Å². The molecule has 0 saturated carbocycles. The van der Waals surface area contributed by atoms with E-state index in [9.17, 15) is 0 Å². The van der Waals surface area contributed by atoms with Crippen LogP contribution in [0.4, 0.5) is 0 Å². The molecule has 0 heterocycles. The predicted molar refractivity (Wildman–Crippen MR) is 130 cm³/mol. The van der Waals surface area contributed by atoms with Gasteiger partial charge in [0, 0.05) is 0 Å². The minimum absolute atomic E-state index is 0.821. The Balaban J connectivity index is 1.58. The summed E-state index contributed by atoms with van der Waals surface area (Å²) < 4.78 is -2.20. The lowest BCUT2D eigenvalue weighted by Crippen LogP contribution is -2.12. The fourth-order valence-electron chi connectivity index (χ4n) is 3.37. The lowest BCUT2D eigenvalue weighted by Gasteiger charge is -2.22. The SMILES string of the molecule is ClC(Cl)(c1ccccc1)c1ccc(-c2ccc(C(Cl)(Cl)c3ccccc3)cc2)cc1. The zero-order valence-corrected chi connectivity index (χ0v) is 18.9. The van der Waals surface area contributed by atoms with Crippen molar-refractivity contribution >= 4 is 46.4 Å². The maximum absolute atomic E-state index is 6.65. The molecule has 0 aliphatic heterocycles. The predicted octanol–water partition coefficient (Wildman–Crippen LogP) is 8.71. The van der Waals surface area contributed by atoms with Crippen LogP contribution in [-0.4, -0.2) is 0 Å². The second kappa shape index (κ2) is 8.65. The highest BCUT2D eigenvalue weighted by Crippen LogP contribution is 2.42. The molecule has 0 atom stereocenters. The number of hydrogen-bond donors (Lipinski definition) is 0. The van der Waals surface area contributed by atoms with Crippen LogP contribution in [0, 0.1) is 0 Å². The Morgan fingerprint density at radius 3 is 0.900 bits per heavy atom. The summed E-state index contributed by atoms with van der Waals surface area (Å²) in [5.41, 5.74) is 5.43. The van der Waals surface area contributed by atoms with E-state index in [0.717, 1.165) is 33.4 Å². The summed E-state index contributed by atoms with van der Waals surface area (Å²) in [6.07, 6.45) is 0. The van der Waals surface area contributed by atoms with E-state index in [1.54, 1.807) is 0 Å². The normalized spacial score (nSPS) is 12.0. The van der Waals surface area contributed by atoms with Gasteiger partial charge in [0.2, 0.25) is 0 Å². The van der Waals surface area contributed by atoms with E-state index < -0.39 is 8.67 Å². The van der Waals surface area contributed by atoms with Crippen LogP contribution in [0.25, 0.3) is 11.1 Å². The molecule has 0 bridgehead atoms. The molecule has 0 N–H and O–H groups in total. The van der Waals surface area contributed by atoms with Gasteiger partial charge < -0.3 is 0 Å². The van der Waals surface area contributed by atoms with E-state index in [1.165, 1.54) is 0 Å². The molecule has 150 valence electrons. The molecule has 0 unspecified atom stereocenters. The van der Waals surface area contributed by atoms with E-state index >= 15 is 0 Å². The molecule has 30 heavy (non-hydrogen) atoms. The molecule has 4 heteroatoms. The third kappa shape index (κ3) is 4.24. The molecule has 0 nitrogen and oxygen atoms in total. The molecule has 4 aromatic rings. The Morgan fingerprint density at radius 1 is 0.333 bits per heavy atom. The quantitative estimate of drug-likeness (QED) is 0.255. The van der Waals surface area contributed by atoms with Crippen LogP contribution in [0.15, 0.2) is 109 Å². The first kappa shape index (κ1) is 21.3. The van der Waals surface area contributed by atoms with Gasteiger partial charge in [-0.2, -0.15) is 0 Å². The van der Waals surface area contributed by atoms with Crippen LogP contribution in [0.2, 0.25) is 0 Å². The number of alkyl halides is 4. The van der Waals surface area contributed by atoms with Crippen LogP contribution in [0.1, 0.15) is 22.3 Å². The monoisotopic (exact) mass is 470 g/mol. The topological polar surface area (TPSA) is 0 Å². The summed E-state index contributed by atoms with van der Waals surface area (Å²) >= 11 is 26.6. The molecule has 0 fully saturated rings. The van der Waals surface area contributed by atoms with Gasteiger partial charge in [-0.1, -0.05) is 156 Å². The van der Waals surface area contributed by atoms with Crippen molar-refractivity contribution in [3.63, 3.8) is 0 Å². The minimum atomic E-state index is -1.10. The molecule has 4 rings (SSSR count). The van der Waals surface area contributed by atoms with Gasteiger partial charge in [0.1, 0.15) is 0 Å².